The van der Waals surface area contributed by atoms with Crippen LogP contribution in [0.3, 0.4) is 0 Å². The quantitative estimate of drug-likeness (QED) is 0.552. The number of aliphatic imine (C=N–C) groups is 1. The molecule has 0 aromatic heterocycles. The largest absolute Gasteiger partial charge is 0.339 e. The Morgan fingerprint density at radius 2 is 1.73 bits per heavy atom. The number of hydrogen-bond acceptors (Lipinski definition) is 3. The number of amidine groups is 1. The molecule has 22 heavy (non-hydrogen) atoms. The van der Waals surface area contributed by atoms with Crippen molar-refractivity contribution in [3.63, 3.8) is 0 Å². The summed E-state index contributed by atoms with van der Waals surface area (Å²) >= 11 is 0. The van der Waals surface area contributed by atoms with Crippen molar-refractivity contribution in [2.45, 2.75) is 91.1 Å². The summed E-state index contributed by atoms with van der Waals surface area (Å²) < 4.78 is 0. The SMILES string of the molecule is CCCCCCCCCCCC(=O)NC(C)N1CCN=C1C. The van der Waals surface area contributed by atoms with Gasteiger partial charge in [0.15, 0.2) is 0 Å². The minimum Gasteiger partial charge on any atom is -0.339 e. The normalized spacial score (nSPS) is 15.8. The monoisotopic (exact) mass is 309 g/mol. The molecule has 1 atom stereocenters. The molecule has 0 aromatic rings. The lowest BCUT2D eigenvalue weighted by Crippen LogP contribution is -2.47. The van der Waals surface area contributed by atoms with Crippen LogP contribution in [-0.4, -0.2) is 35.9 Å². The highest BCUT2D eigenvalue weighted by Crippen LogP contribution is 2.11. The zero-order valence-corrected chi connectivity index (χ0v) is 14.9. The summed E-state index contributed by atoms with van der Waals surface area (Å²) in [6.45, 7) is 8.08. The second-order valence-corrected chi connectivity index (χ2v) is 6.44. The van der Waals surface area contributed by atoms with E-state index in [1.54, 1.807) is 0 Å². The number of rotatable bonds is 12. The lowest BCUT2D eigenvalue weighted by Gasteiger charge is -2.27. The van der Waals surface area contributed by atoms with Crippen LogP contribution in [0.25, 0.3) is 0 Å². The molecule has 0 saturated heterocycles. The second-order valence-electron chi connectivity index (χ2n) is 6.44. The maximum atomic E-state index is 11.9. The van der Waals surface area contributed by atoms with Crippen molar-refractivity contribution in [1.29, 1.82) is 0 Å². The highest BCUT2D eigenvalue weighted by atomic mass is 16.1. The van der Waals surface area contributed by atoms with Gasteiger partial charge in [-0.15, -0.1) is 0 Å². The van der Waals surface area contributed by atoms with E-state index >= 15 is 0 Å². The number of carbonyl (C=O) groups is 1. The van der Waals surface area contributed by atoms with Gasteiger partial charge in [0.1, 0.15) is 0 Å². The third kappa shape index (κ3) is 7.81. The van der Waals surface area contributed by atoms with E-state index < -0.39 is 0 Å². The third-order valence-electron chi connectivity index (χ3n) is 4.44. The van der Waals surface area contributed by atoms with Crippen LogP contribution in [-0.2, 0) is 4.79 Å². The minimum absolute atomic E-state index is 0.0670. The topological polar surface area (TPSA) is 44.7 Å². The number of unbranched alkanes of at least 4 members (excludes halogenated alkanes) is 8. The van der Waals surface area contributed by atoms with Crippen LogP contribution in [0, 0.1) is 0 Å². The van der Waals surface area contributed by atoms with Crippen LogP contribution in [0.5, 0.6) is 0 Å². The molecule has 0 aromatic carbocycles. The fraction of sp³-hybridized carbons (Fsp3) is 0.889. The zero-order valence-electron chi connectivity index (χ0n) is 14.9. The van der Waals surface area contributed by atoms with Gasteiger partial charge >= 0.3 is 0 Å². The first-order valence-electron chi connectivity index (χ1n) is 9.22. The maximum Gasteiger partial charge on any atom is 0.221 e. The van der Waals surface area contributed by atoms with E-state index in [4.69, 9.17) is 0 Å². The van der Waals surface area contributed by atoms with E-state index in [-0.39, 0.29) is 12.1 Å². The lowest BCUT2D eigenvalue weighted by atomic mass is 10.1. The Hall–Kier alpha value is -1.06. The van der Waals surface area contributed by atoms with Crippen molar-refractivity contribution in [3.8, 4) is 0 Å². The van der Waals surface area contributed by atoms with Crippen molar-refractivity contribution in [2.75, 3.05) is 13.1 Å². The van der Waals surface area contributed by atoms with Gasteiger partial charge in [0.05, 0.1) is 18.5 Å². The Labute approximate surface area is 136 Å². The van der Waals surface area contributed by atoms with Crippen molar-refractivity contribution < 1.29 is 4.79 Å². The molecule has 1 heterocycles. The van der Waals surface area contributed by atoms with Crippen LogP contribution < -0.4 is 5.32 Å². The average molecular weight is 309 g/mol. The first-order valence-corrected chi connectivity index (χ1v) is 9.22. The molecule has 1 aliphatic heterocycles. The highest BCUT2D eigenvalue weighted by molar-refractivity contribution is 5.82. The molecule has 128 valence electrons. The fourth-order valence-electron chi connectivity index (χ4n) is 3.03. The van der Waals surface area contributed by atoms with Gasteiger partial charge in [-0.25, -0.2) is 0 Å². The molecule has 0 radical (unpaired) electrons. The molecule has 0 aliphatic carbocycles. The molecular formula is C18H35N3O. The predicted molar refractivity (Wildman–Crippen MR) is 94.1 cm³/mol. The first-order chi connectivity index (χ1) is 10.6. The number of carbonyl (C=O) groups excluding carboxylic acids is 1. The summed E-state index contributed by atoms with van der Waals surface area (Å²) in [6, 6.07) is 0. The summed E-state index contributed by atoms with van der Waals surface area (Å²) in [6.07, 6.45) is 12.3. The Balaban J connectivity index is 1.96. The molecule has 0 spiro atoms. The van der Waals surface area contributed by atoms with Gasteiger partial charge in [-0.3, -0.25) is 9.79 Å². The van der Waals surface area contributed by atoms with Crippen molar-refractivity contribution in [1.82, 2.24) is 10.2 Å². The van der Waals surface area contributed by atoms with E-state index in [1.165, 1.54) is 51.4 Å². The van der Waals surface area contributed by atoms with E-state index in [2.05, 4.69) is 22.1 Å². The molecule has 4 heteroatoms. The molecule has 0 bridgehead atoms. The van der Waals surface area contributed by atoms with Crippen LogP contribution in [0.4, 0.5) is 0 Å². The third-order valence-corrected chi connectivity index (χ3v) is 4.44. The van der Waals surface area contributed by atoms with Crippen LogP contribution in [0.2, 0.25) is 0 Å². The van der Waals surface area contributed by atoms with Gasteiger partial charge < -0.3 is 10.2 Å². The van der Waals surface area contributed by atoms with Gasteiger partial charge in [-0.1, -0.05) is 58.3 Å². The van der Waals surface area contributed by atoms with E-state index in [0.29, 0.717) is 6.42 Å². The van der Waals surface area contributed by atoms with Crippen molar-refractivity contribution in [3.05, 3.63) is 0 Å². The number of nitrogens with zero attached hydrogens (tertiary/aromatic N) is 2. The van der Waals surface area contributed by atoms with Crippen molar-refractivity contribution >= 4 is 11.7 Å². The van der Waals surface area contributed by atoms with Gasteiger partial charge in [0, 0.05) is 13.0 Å². The van der Waals surface area contributed by atoms with Gasteiger partial charge in [0.2, 0.25) is 5.91 Å². The molecule has 1 amide bonds. The van der Waals surface area contributed by atoms with Crippen molar-refractivity contribution in [2.24, 2.45) is 4.99 Å². The maximum absolute atomic E-state index is 11.9. The Bertz CT molecular complexity index is 341. The van der Waals surface area contributed by atoms with E-state index in [1.807, 2.05) is 13.8 Å². The number of hydrogen-bond donors (Lipinski definition) is 1. The lowest BCUT2D eigenvalue weighted by molar-refractivity contribution is -0.122. The van der Waals surface area contributed by atoms with Crippen LogP contribution >= 0.6 is 0 Å². The Morgan fingerprint density at radius 3 is 2.27 bits per heavy atom. The Morgan fingerprint density at radius 1 is 1.14 bits per heavy atom. The molecule has 1 aliphatic rings. The highest BCUT2D eigenvalue weighted by Gasteiger charge is 2.19. The summed E-state index contributed by atoms with van der Waals surface area (Å²) in [5, 5.41) is 3.08. The van der Waals surface area contributed by atoms with E-state index in [9.17, 15) is 4.79 Å². The molecule has 1 N–H and O–H groups in total. The summed E-state index contributed by atoms with van der Waals surface area (Å²) in [7, 11) is 0. The molecule has 1 rings (SSSR count). The summed E-state index contributed by atoms with van der Waals surface area (Å²) in [5.74, 6) is 1.21. The second kappa shape index (κ2) is 11.5. The van der Waals surface area contributed by atoms with Gasteiger partial charge in [-0.2, -0.15) is 0 Å². The molecule has 1 unspecified atom stereocenters. The minimum atomic E-state index is 0.0670. The standard InChI is InChI=1S/C18H35N3O/c1-4-5-6-7-8-9-10-11-12-13-18(22)20-17(3)21-15-14-19-16(21)2/h17H,4-15H2,1-3H3,(H,20,22). The summed E-state index contributed by atoms with van der Waals surface area (Å²) in [5.41, 5.74) is 0. The van der Waals surface area contributed by atoms with Crippen LogP contribution in [0.1, 0.15) is 85.0 Å². The summed E-state index contributed by atoms with van der Waals surface area (Å²) in [4.78, 5) is 18.5. The van der Waals surface area contributed by atoms with Gasteiger partial charge in [0.25, 0.3) is 0 Å². The van der Waals surface area contributed by atoms with E-state index in [0.717, 1.165) is 25.3 Å². The zero-order chi connectivity index (χ0) is 16.2. The molecular weight excluding hydrogens is 274 g/mol. The van der Waals surface area contributed by atoms with Gasteiger partial charge in [-0.05, 0) is 20.3 Å². The number of amides is 1. The Kier molecular flexibility index (Phi) is 9.93. The first kappa shape index (κ1) is 19.0. The fourth-order valence-corrected chi connectivity index (χ4v) is 3.03. The predicted octanol–water partition coefficient (Wildman–Crippen LogP) is 4.10. The smallest absolute Gasteiger partial charge is 0.221 e. The average Bonchev–Trinajstić information content (AvgIpc) is 2.91. The molecule has 0 fully saturated rings. The number of nitrogens with one attached hydrogen (secondary N) is 1. The van der Waals surface area contributed by atoms with Crippen LogP contribution in [0.15, 0.2) is 4.99 Å². The molecule has 0 saturated carbocycles. The molecule has 4 nitrogen and oxygen atoms in total.